The van der Waals surface area contributed by atoms with E-state index in [1.54, 1.807) is 0 Å². The zero-order chi connectivity index (χ0) is 6.15. The predicted octanol–water partition coefficient (Wildman–Crippen LogP) is -1.83. The molecule has 0 aliphatic carbocycles. The summed E-state index contributed by atoms with van der Waals surface area (Å²) in [5.41, 5.74) is 0. The maximum atomic E-state index is 9.89. The van der Waals surface area contributed by atoms with Gasteiger partial charge >= 0.3 is 0 Å². The summed E-state index contributed by atoms with van der Waals surface area (Å²) in [6.07, 6.45) is 0. The molecule has 0 radical (unpaired) electrons. The average molecular weight is 122 g/mol. The maximum Gasteiger partial charge on any atom is -0.0178 e. The molecular formula is H4N5O3-. The topological polar surface area (TPSA) is 116 Å². The Labute approximate surface area is 42.5 Å². The minimum atomic E-state index is -0.250. The fraction of sp³-hybridized carbons (Fsp3) is 0. The van der Waals surface area contributed by atoms with Crippen LogP contribution >= 0.6 is 0 Å². The molecule has 1 aromatic heterocycles. The molecule has 0 saturated heterocycles. The minimum absolute atomic E-state index is 0.250. The molecule has 8 nitrogen and oxygen atoms in total. The van der Waals surface area contributed by atoms with Gasteiger partial charge in [0.05, 0.1) is 0 Å². The van der Waals surface area contributed by atoms with Crippen molar-refractivity contribution in [3.63, 3.8) is 0 Å². The molecule has 0 fully saturated rings. The second-order valence-corrected chi connectivity index (χ2v) is 0.992. The number of nitrogens with zero attached hydrogens (tertiary/aromatic N) is 3. The fourth-order valence-corrected chi connectivity index (χ4v) is 0.223. The zero-order valence-electron chi connectivity index (χ0n) is 3.72. The largest absolute Gasteiger partial charge is 0.327 e. The first-order chi connectivity index (χ1) is 3.70. The third-order valence-electron chi connectivity index (χ3n) is 0.495. The Balaban J connectivity index is 3.14. The van der Waals surface area contributed by atoms with Crippen LogP contribution in [0.5, 0.6) is 0 Å². The van der Waals surface area contributed by atoms with Crippen molar-refractivity contribution in [3.8, 4) is 0 Å². The molecule has 0 bridgehead atoms. The highest BCUT2D eigenvalue weighted by molar-refractivity contribution is 4.21. The molecule has 0 amide bonds. The lowest BCUT2D eigenvalue weighted by Crippen LogP contribution is -2.24. The van der Waals surface area contributed by atoms with E-state index >= 15 is 0 Å². The molecule has 0 spiro atoms. The third-order valence-corrected chi connectivity index (χ3v) is 0.495. The summed E-state index contributed by atoms with van der Waals surface area (Å²) < 4.78 is 7.88. The van der Waals surface area contributed by atoms with Crippen molar-refractivity contribution in [2.24, 2.45) is 0 Å². The van der Waals surface area contributed by atoms with Crippen LogP contribution in [0, 0.1) is 5.21 Å². The molecule has 0 aliphatic rings. The highest BCUT2D eigenvalue weighted by atomic mass is 17.0. The van der Waals surface area contributed by atoms with Gasteiger partial charge in [-0.1, -0.05) is 9.93 Å². The molecule has 8 heteroatoms. The van der Waals surface area contributed by atoms with Crippen LogP contribution in [0.3, 0.4) is 0 Å². The van der Waals surface area contributed by atoms with E-state index < -0.39 is 0 Å². The Hall–Kier alpha value is -1.60. The first kappa shape index (κ1) is 4.56. The molecule has 4 N–H and O–H groups in total. The van der Waals surface area contributed by atoms with Crippen LogP contribution < -0.4 is 11.7 Å². The standard InChI is InChI=1S/H4N5O3/c1-3-4(2)8-5(6)7-3/h1-2H2/q-1. The molecule has 1 rings (SSSR count). The summed E-state index contributed by atoms with van der Waals surface area (Å²) in [5, 5.41) is 9.64. The summed E-state index contributed by atoms with van der Waals surface area (Å²) in [6.45, 7) is 0. The van der Waals surface area contributed by atoms with Crippen molar-refractivity contribution in [2.45, 2.75) is 0 Å². The van der Waals surface area contributed by atoms with Crippen LogP contribution in [-0.2, 0) is 0 Å². The Kier molecular flexibility index (Phi) is 0.674. The van der Waals surface area contributed by atoms with Gasteiger partial charge in [0.1, 0.15) is 0 Å². The van der Waals surface area contributed by atoms with E-state index in [4.69, 9.17) is 11.7 Å². The van der Waals surface area contributed by atoms with Crippen molar-refractivity contribution in [2.75, 3.05) is 11.7 Å². The molecule has 1 aromatic rings. The third kappa shape index (κ3) is 0.470. The van der Waals surface area contributed by atoms with Gasteiger partial charge in [-0.2, -0.15) is 0 Å². The van der Waals surface area contributed by atoms with Gasteiger partial charge in [-0.15, -0.1) is 0 Å². The molecule has 8 heavy (non-hydrogen) atoms. The second kappa shape index (κ2) is 1.18. The highest BCUT2D eigenvalue weighted by Gasteiger charge is 1.81. The molecule has 1 heterocycles. The summed E-state index contributed by atoms with van der Waals surface area (Å²) in [6, 6.07) is 0. The lowest BCUT2D eigenvalue weighted by atomic mass is 12.4. The number of rotatable bonds is 0. The predicted molar refractivity (Wildman–Crippen MR) is 21.6 cm³/mol. The summed E-state index contributed by atoms with van der Waals surface area (Å²) >= 11 is 0. The SMILES string of the molecule is Nn1on([O-])on1N. The van der Waals surface area contributed by atoms with E-state index in [0.717, 1.165) is 0 Å². The molecular weight excluding hydrogens is 118 g/mol. The van der Waals surface area contributed by atoms with E-state index in [1.165, 1.54) is 0 Å². The van der Waals surface area contributed by atoms with E-state index in [1.807, 2.05) is 0 Å². The molecule has 0 aliphatic heterocycles. The van der Waals surface area contributed by atoms with Crippen LogP contribution in [0.25, 0.3) is 0 Å². The van der Waals surface area contributed by atoms with E-state index in [2.05, 4.69) is 9.26 Å². The van der Waals surface area contributed by atoms with Crippen LogP contribution in [0.1, 0.15) is 0 Å². The van der Waals surface area contributed by atoms with E-state index in [0.29, 0.717) is 9.93 Å². The monoisotopic (exact) mass is 122 g/mol. The minimum Gasteiger partial charge on any atom is -0.327 e. The highest BCUT2D eigenvalue weighted by Crippen LogP contribution is 1.77. The van der Waals surface area contributed by atoms with Crippen LogP contribution in [-0.4, -0.2) is 15.0 Å². The molecule has 48 valence electrons. The van der Waals surface area contributed by atoms with Crippen LogP contribution in [0.2, 0.25) is 0 Å². The first-order valence-electron chi connectivity index (χ1n) is 1.63. The summed E-state index contributed by atoms with van der Waals surface area (Å²) in [4.78, 5) is 0.847. The van der Waals surface area contributed by atoms with Gasteiger partial charge in [-0.25, -0.2) is 0 Å². The summed E-state index contributed by atoms with van der Waals surface area (Å²) in [5.74, 6) is 9.63. The van der Waals surface area contributed by atoms with Crippen molar-refractivity contribution >= 4 is 0 Å². The Morgan fingerprint density at radius 3 is 1.62 bits per heavy atom. The van der Waals surface area contributed by atoms with E-state index in [9.17, 15) is 5.21 Å². The quantitative estimate of drug-likeness (QED) is 0.393. The normalized spacial score (nSPS) is 9.50. The van der Waals surface area contributed by atoms with Crippen molar-refractivity contribution in [1.29, 1.82) is 0 Å². The lowest BCUT2D eigenvalue weighted by molar-refractivity contribution is 0.0859. The second-order valence-electron chi connectivity index (χ2n) is 0.992. The van der Waals surface area contributed by atoms with Crippen molar-refractivity contribution in [1.82, 2.24) is 15.0 Å². The molecule has 0 saturated carbocycles. The van der Waals surface area contributed by atoms with Crippen LogP contribution in [0.4, 0.5) is 0 Å². The average Bonchev–Trinajstić information content (AvgIpc) is 1.85. The van der Waals surface area contributed by atoms with Crippen LogP contribution in [0.15, 0.2) is 9.26 Å². The Bertz CT molecular complexity index is 170. The summed E-state index contributed by atoms with van der Waals surface area (Å²) in [7, 11) is 0. The first-order valence-corrected chi connectivity index (χ1v) is 1.63. The van der Waals surface area contributed by atoms with Crippen molar-refractivity contribution in [3.05, 3.63) is 5.21 Å². The van der Waals surface area contributed by atoms with Gasteiger partial charge in [0.25, 0.3) is 0 Å². The maximum absolute atomic E-state index is 9.89. The van der Waals surface area contributed by atoms with Crippen molar-refractivity contribution < 1.29 is 9.26 Å². The zero-order valence-corrected chi connectivity index (χ0v) is 3.72. The number of nitrogen functional groups attached to an aromatic ring is 2. The Morgan fingerprint density at radius 1 is 1.12 bits per heavy atom. The van der Waals surface area contributed by atoms with Gasteiger partial charge in [0.2, 0.25) is 0 Å². The van der Waals surface area contributed by atoms with Gasteiger partial charge in [-0.05, 0) is 5.08 Å². The van der Waals surface area contributed by atoms with E-state index in [-0.39, 0.29) is 5.08 Å². The molecule has 0 aromatic carbocycles. The van der Waals surface area contributed by atoms with Gasteiger partial charge in [0.15, 0.2) is 0 Å². The molecule has 0 atom stereocenters. The van der Waals surface area contributed by atoms with Gasteiger partial charge in [0, 0.05) is 0 Å². The fourth-order valence-electron chi connectivity index (χ4n) is 0.223. The molecule has 0 unspecified atom stereocenters. The number of hydrogen-bond acceptors (Lipinski definition) is 5. The number of aromatic nitrogens is 3. The van der Waals surface area contributed by atoms with Gasteiger partial charge in [-0.3, -0.25) is 0 Å². The van der Waals surface area contributed by atoms with Gasteiger partial charge < -0.3 is 26.2 Å². The Morgan fingerprint density at radius 2 is 1.50 bits per heavy atom. The number of hydrogen-bond donors (Lipinski definition) is 2. The lowest BCUT2D eigenvalue weighted by Gasteiger charge is -1.92. The number of nitrogens with two attached hydrogens (primary N) is 2. The smallest absolute Gasteiger partial charge is 0.0178 e.